The molecule has 0 aromatic carbocycles. The van der Waals surface area contributed by atoms with Gasteiger partial charge in [0.25, 0.3) is 5.56 Å². The first kappa shape index (κ1) is 11.9. The van der Waals surface area contributed by atoms with Crippen LogP contribution in [-0.4, -0.2) is 15.1 Å². The van der Waals surface area contributed by atoms with E-state index in [1.807, 2.05) is 27.7 Å². The van der Waals surface area contributed by atoms with Crippen molar-refractivity contribution in [3.05, 3.63) is 27.4 Å². The number of rotatable bonds is 2. The fraction of sp³-hybridized carbons (Fsp3) is 0.636. The molecule has 0 fully saturated rings. The number of hydrogen-bond donors (Lipinski definition) is 1. The lowest BCUT2D eigenvalue weighted by Gasteiger charge is -2.21. The Bertz CT molecular complexity index is 427. The smallest absolute Gasteiger partial charge is 0.256 e. The molecule has 0 aliphatic heterocycles. The first-order valence-electron chi connectivity index (χ1n) is 5.06. The normalized spacial score (nSPS) is 11.9. The van der Waals surface area contributed by atoms with Crippen LogP contribution in [0.25, 0.3) is 0 Å². The summed E-state index contributed by atoms with van der Waals surface area (Å²) >= 11 is 0. The summed E-state index contributed by atoms with van der Waals surface area (Å²) in [5, 5.41) is 0. The third-order valence-electron chi connectivity index (χ3n) is 2.39. The van der Waals surface area contributed by atoms with Crippen LogP contribution in [-0.2, 0) is 6.54 Å². The summed E-state index contributed by atoms with van der Waals surface area (Å²) in [6.07, 6.45) is 0. The Kier molecular flexibility index (Phi) is 3.00. The topological polar surface area (TPSA) is 60.9 Å². The van der Waals surface area contributed by atoms with Crippen molar-refractivity contribution in [2.24, 2.45) is 5.73 Å². The van der Waals surface area contributed by atoms with E-state index in [2.05, 4.69) is 4.98 Å². The minimum atomic E-state index is -0.405. The highest BCUT2D eigenvalue weighted by Gasteiger charge is 2.16. The van der Waals surface area contributed by atoms with Crippen molar-refractivity contribution in [3.63, 3.8) is 0 Å². The lowest BCUT2D eigenvalue weighted by molar-refractivity contribution is 0.415. The van der Waals surface area contributed by atoms with Crippen molar-refractivity contribution in [1.82, 2.24) is 9.55 Å². The molecule has 0 spiro atoms. The van der Waals surface area contributed by atoms with Gasteiger partial charge in [-0.05, 0) is 34.6 Å². The Morgan fingerprint density at radius 2 is 1.87 bits per heavy atom. The van der Waals surface area contributed by atoms with Gasteiger partial charge in [0.15, 0.2) is 0 Å². The number of nitrogens with two attached hydrogens (primary N) is 1. The third-order valence-corrected chi connectivity index (χ3v) is 2.39. The summed E-state index contributed by atoms with van der Waals surface area (Å²) in [6, 6.07) is 0. The van der Waals surface area contributed by atoms with Crippen molar-refractivity contribution < 1.29 is 0 Å². The highest BCUT2D eigenvalue weighted by Crippen LogP contribution is 2.05. The zero-order chi connectivity index (χ0) is 11.8. The molecule has 15 heavy (non-hydrogen) atoms. The van der Waals surface area contributed by atoms with E-state index < -0.39 is 5.54 Å². The fourth-order valence-corrected chi connectivity index (χ4v) is 1.48. The van der Waals surface area contributed by atoms with Gasteiger partial charge in [-0.15, -0.1) is 0 Å². The van der Waals surface area contributed by atoms with E-state index in [0.717, 1.165) is 11.5 Å². The Balaban J connectivity index is 3.31. The second-order valence-corrected chi connectivity index (χ2v) is 4.75. The Morgan fingerprint density at radius 1 is 1.33 bits per heavy atom. The number of aryl methyl sites for hydroxylation is 2. The number of nitrogens with zero attached hydrogens (tertiary/aromatic N) is 2. The Labute approximate surface area is 90.1 Å². The van der Waals surface area contributed by atoms with Crippen LogP contribution in [0.1, 0.15) is 30.9 Å². The molecule has 0 saturated carbocycles. The molecule has 1 rings (SSSR count). The maximum Gasteiger partial charge on any atom is 0.256 e. The van der Waals surface area contributed by atoms with E-state index in [1.54, 1.807) is 11.5 Å². The van der Waals surface area contributed by atoms with E-state index in [-0.39, 0.29) is 5.56 Å². The maximum atomic E-state index is 12.0. The summed E-state index contributed by atoms with van der Waals surface area (Å²) in [5.41, 5.74) is 7.01. The van der Waals surface area contributed by atoms with Crippen LogP contribution in [0, 0.1) is 20.8 Å². The molecular weight excluding hydrogens is 190 g/mol. The monoisotopic (exact) mass is 209 g/mol. The minimum Gasteiger partial charge on any atom is -0.324 e. The fourth-order valence-electron chi connectivity index (χ4n) is 1.48. The van der Waals surface area contributed by atoms with Gasteiger partial charge in [-0.1, -0.05) is 0 Å². The van der Waals surface area contributed by atoms with Gasteiger partial charge < -0.3 is 5.73 Å². The van der Waals surface area contributed by atoms with Crippen molar-refractivity contribution >= 4 is 0 Å². The Hall–Kier alpha value is -1.16. The molecule has 4 heteroatoms. The van der Waals surface area contributed by atoms with E-state index in [9.17, 15) is 4.79 Å². The second kappa shape index (κ2) is 3.77. The van der Waals surface area contributed by atoms with Gasteiger partial charge in [0.05, 0.1) is 0 Å². The summed E-state index contributed by atoms with van der Waals surface area (Å²) in [5.74, 6) is 0.724. The SMILES string of the molecule is Cc1nc(C)n(CC(C)(C)N)c(=O)c1C. The van der Waals surface area contributed by atoms with Gasteiger partial charge in [0.2, 0.25) is 0 Å². The van der Waals surface area contributed by atoms with E-state index in [1.165, 1.54) is 0 Å². The molecule has 0 bridgehead atoms. The van der Waals surface area contributed by atoms with Crippen LogP contribution >= 0.6 is 0 Å². The first-order chi connectivity index (χ1) is 6.72. The molecule has 84 valence electrons. The first-order valence-corrected chi connectivity index (χ1v) is 5.06. The quantitative estimate of drug-likeness (QED) is 0.787. The molecule has 1 heterocycles. The van der Waals surface area contributed by atoms with Gasteiger partial charge in [-0.25, -0.2) is 4.98 Å². The minimum absolute atomic E-state index is 0.0125. The second-order valence-electron chi connectivity index (χ2n) is 4.75. The van der Waals surface area contributed by atoms with Gasteiger partial charge in [0.1, 0.15) is 5.82 Å². The summed E-state index contributed by atoms with van der Waals surface area (Å²) < 4.78 is 1.64. The maximum absolute atomic E-state index is 12.0. The summed E-state index contributed by atoms with van der Waals surface area (Å²) in [4.78, 5) is 16.3. The Morgan fingerprint density at radius 3 is 2.33 bits per heavy atom. The predicted molar refractivity (Wildman–Crippen MR) is 61.0 cm³/mol. The lowest BCUT2D eigenvalue weighted by Crippen LogP contribution is -2.42. The molecule has 1 aromatic rings. The molecule has 0 aliphatic rings. The molecule has 0 amide bonds. The largest absolute Gasteiger partial charge is 0.324 e. The predicted octanol–water partition coefficient (Wildman–Crippen LogP) is 0.906. The van der Waals surface area contributed by atoms with Crippen LogP contribution in [0.4, 0.5) is 0 Å². The zero-order valence-corrected chi connectivity index (χ0v) is 10.1. The third kappa shape index (κ3) is 2.65. The van der Waals surface area contributed by atoms with Crippen molar-refractivity contribution in [1.29, 1.82) is 0 Å². The molecule has 0 aliphatic carbocycles. The van der Waals surface area contributed by atoms with Gasteiger partial charge >= 0.3 is 0 Å². The molecule has 0 saturated heterocycles. The summed E-state index contributed by atoms with van der Waals surface area (Å²) in [6.45, 7) is 9.76. The molecular formula is C11H19N3O. The van der Waals surface area contributed by atoms with Crippen molar-refractivity contribution in [3.8, 4) is 0 Å². The molecule has 0 atom stereocenters. The molecule has 0 unspecified atom stereocenters. The summed E-state index contributed by atoms with van der Waals surface area (Å²) in [7, 11) is 0. The highest BCUT2D eigenvalue weighted by molar-refractivity contribution is 5.15. The van der Waals surface area contributed by atoms with Crippen LogP contribution < -0.4 is 11.3 Å². The zero-order valence-electron chi connectivity index (χ0n) is 10.1. The highest BCUT2D eigenvalue weighted by atomic mass is 16.1. The average molecular weight is 209 g/mol. The van der Waals surface area contributed by atoms with Crippen LogP contribution in [0.15, 0.2) is 4.79 Å². The number of hydrogen-bond acceptors (Lipinski definition) is 3. The molecule has 1 aromatic heterocycles. The van der Waals surface area contributed by atoms with Crippen LogP contribution in [0.2, 0.25) is 0 Å². The van der Waals surface area contributed by atoms with Crippen molar-refractivity contribution in [2.45, 2.75) is 46.7 Å². The molecule has 4 nitrogen and oxygen atoms in total. The molecule has 0 radical (unpaired) electrons. The lowest BCUT2D eigenvalue weighted by atomic mass is 10.1. The van der Waals surface area contributed by atoms with Crippen LogP contribution in [0.5, 0.6) is 0 Å². The van der Waals surface area contributed by atoms with E-state index in [0.29, 0.717) is 12.1 Å². The van der Waals surface area contributed by atoms with Crippen molar-refractivity contribution in [2.75, 3.05) is 0 Å². The number of aromatic nitrogens is 2. The van der Waals surface area contributed by atoms with E-state index in [4.69, 9.17) is 5.73 Å². The van der Waals surface area contributed by atoms with Gasteiger partial charge in [0, 0.05) is 23.3 Å². The van der Waals surface area contributed by atoms with Crippen LogP contribution in [0.3, 0.4) is 0 Å². The van der Waals surface area contributed by atoms with Gasteiger partial charge in [-0.2, -0.15) is 0 Å². The standard InChI is InChI=1S/C11H19N3O/c1-7-8(2)13-9(3)14(10(7)15)6-11(4,5)12/h6,12H2,1-5H3. The average Bonchev–Trinajstić information content (AvgIpc) is 2.07. The molecule has 2 N–H and O–H groups in total. The van der Waals surface area contributed by atoms with Gasteiger partial charge in [-0.3, -0.25) is 9.36 Å². The van der Waals surface area contributed by atoms with E-state index >= 15 is 0 Å².